The summed E-state index contributed by atoms with van der Waals surface area (Å²) in [5.41, 5.74) is 2.42. The Morgan fingerprint density at radius 3 is 2.81 bits per heavy atom. The summed E-state index contributed by atoms with van der Waals surface area (Å²) < 4.78 is 0. The second-order valence-electron chi connectivity index (χ2n) is 6.19. The van der Waals surface area contributed by atoms with Gasteiger partial charge in [-0.05, 0) is 30.4 Å². The molecule has 3 aliphatic rings. The van der Waals surface area contributed by atoms with Gasteiger partial charge in [0.2, 0.25) is 5.91 Å². The number of carbonyl (C=O) groups excluding carboxylic acids is 2. The van der Waals surface area contributed by atoms with Gasteiger partial charge in [0, 0.05) is 19.7 Å². The highest BCUT2D eigenvalue weighted by atomic mass is 32.1. The number of thiocarbonyl (C=S) groups is 1. The minimum atomic E-state index is -0.729. The molecule has 1 aromatic carbocycles. The van der Waals surface area contributed by atoms with Gasteiger partial charge in [0.25, 0.3) is 5.91 Å². The summed E-state index contributed by atoms with van der Waals surface area (Å²) in [4.78, 5) is 29.4. The molecule has 0 aromatic heterocycles. The Balaban J connectivity index is 2.11. The molecule has 2 amide bonds. The second kappa shape index (κ2) is 3.91. The first kappa shape index (κ1) is 13.0. The molecule has 1 aromatic rings. The van der Waals surface area contributed by atoms with Crippen LogP contribution in [0.25, 0.3) is 0 Å². The van der Waals surface area contributed by atoms with Crippen LogP contribution in [-0.4, -0.2) is 46.7 Å². The molecule has 2 heterocycles. The molecule has 4 nitrogen and oxygen atoms in total. The van der Waals surface area contributed by atoms with Gasteiger partial charge in [-0.1, -0.05) is 30.4 Å². The predicted molar refractivity (Wildman–Crippen MR) is 82.1 cm³/mol. The fourth-order valence-electron chi connectivity index (χ4n) is 4.40. The molecular formula is C16H16N2O2S. The van der Waals surface area contributed by atoms with E-state index in [1.165, 1.54) is 10.5 Å². The SMILES string of the molecule is CN1C(=O)C2N(C)C(=S)c3cccc4c3C2(CCC4)C1=O. The molecule has 0 bridgehead atoms. The molecular weight excluding hydrogens is 284 g/mol. The van der Waals surface area contributed by atoms with Crippen LogP contribution in [0.1, 0.15) is 29.5 Å². The third kappa shape index (κ3) is 1.28. The third-order valence-corrected chi connectivity index (χ3v) is 5.78. The average molecular weight is 300 g/mol. The topological polar surface area (TPSA) is 40.6 Å². The fraction of sp³-hybridized carbons (Fsp3) is 0.438. The van der Waals surface area contributed by atoms with Crippen molar-refractivity contribution in [2.24, 2.45) is 0 Å². The van der Waals surface area contributed by atoms with Crippen molar-refractivity contribution < 1.29 is 9.59 Å². The number of carbonyl (C=O) groups is 2. The monoisotopic (exact) mass is 300 g/mol. The van der Waals surface area contributed by atoms with Crippen molar-refractivity contribution in [3.05, 3.63) is 34.9 Å². The van der Waals surface area contributed by atoms with Gasteiger partial charge in [0.15, 0.2) is 0 Å². The minimum Gasteiger partial charge on any atom is -0.352 e. The number of rotatable bonds is 0. The normalized spacial score (nSPS) is 30.6. The summed E-state index contributed by atoms with van der Waals surface area (Å²) in [6.45, 7) is 0. The number of hydrogen-bond donors (Lipinski definition) is 0. The Morgan fingerprint density at radius 2 is 2.05 bits per heavy atom. The predicted octanol–water partition coefficient (Wildman–Crippen LogP) is 1.25. The van der Waals surface area contributed by atoms with Crippen LogP contribution in [0.3, 0.4) is 0 Å². The van der Waals surface area contributed by atoms with Crippen LogP contribution in [0, 0.1) is 0 Å². The Kier molecular flexibility index (Phi) is 2.41. The van der Waals surface area contributed by atoms with Gasteiger partial charge in [-0.2, -0.15) is 0 Å². The lowest BCUT2D eigenvalue weighted by Crippen LogP contribution is -2.58. The summed E-state index contributed by atoms with van der Waals surface area (Å²) >= 11 is 5.56. The number of imide groups is 1. The molecule has 21 heavy (non-hydrogen) atoms. The van der Waals surface area contributed by atoms with Crippen molar-refractivity contribution in [1.29, 1.82) is 0 Å². The Labute approximate surface area is 128 Å². The maximum absolute atomic E-state index is 12.9. The number of likely N-dealkylation sites (tertiary alicyclic amines) is 1. The van der Waals surface area contributed by atoms with E-state index in [2.05, 4.69) is 6.07 Å². The first-order valence-electron chi connectivity index (χ1n) is 7.21. The van der Waals surface area contributed by atoms with Crippen LogP contribution < -0.4 is 0 Å². The zero-order valence-corrected chi connectivity index (χ0v) is 12.9. The minimum absolute atomic E-state index is 0.0692. The highest BCUT2D eigenvalue weighted by molar-refractivity contribution is 7.80. The molecule has 2 aliphatic heterocycles. The van der Waals surface area contributed by atoms with Crippen LogP contribution in [0.4, 0.5) is 0 Å². The molecule has 1 aliphatic carbocycles. The average Bonchev–Trinajstić information content (AvgIpc) is 2.68. The molecule has 1 saturated heterocycles. The maximum atomic E-state index is 12.9. The van der Waals surface area contributed by atoms with E-state index in [0.29, 0.717) is 4.99 Å². The van der Waals surface area contributed by atoms with E-state index in [0.717, 1.165) is 30.4 Å². The van der Waals surface area contributed by atoms with Crippen LogP contribution in [0.15, 0.2) is 18.2 Å². The zero-order valence-electron chi connectivity index (χ0n) is 12.0. The lowest BCUT2D eigenvalue weighted by Gasteiger charge is -2.46. The smallest absolute Gasteiger partial charge is 0.253 e. The molecule has 2 atom stereocenters. The van der Waals surface area contributed by atoms with E-state index in [9.17, 15) is 9.59 Å². The van der Waals surface area contributed by atoms with E-state index in [1.807, 2.05) is 24.1 Å². The second-order valence-corrected chi connectivity index (χ2v) is 6.57. The Hall–Kier alpha value is -1.75. The standard InChI is InChI=1S/C16H16N2O2S/c1-17-12-13(19)18(2)15(20)16(12)8-4-6-9-5-3-7-10(11(9)16)14(17)21/h3,5,7,12H,4,6,8H2,1-2H3. The zero-order chi connectivity index (χ0) is 14.9. The number of hydrogen-bond acceptors (Lipinski definition) is 3. The van der Waals surface area contributed by atoms with Gasteiger partial charge in [-0.3, -0.25) is 14.5 Å². The van der Waals surface area contributed by atoms with Crippen molar-refractivity contribution in [3.63, 3.8) is 0 Å². The van der Waals surface area contributed by atoms with Gasteiger partial charge in [0.1, 0.15) is 16.4 Å². The highest BCUT2D eigenvalue weighted by Crippen LogP contribution is 2.51. The van der Waals surface area contributed by atoms with Gasteiger partial charge in [-0.15, -0.1) is 0 Å². The lowest BCUT2D eigenvalue weighted by molar-refractivity contribution is -0.138. The van der Waals surface area contributed by atoms with Crippen molar-refractivity contribution in [1.82, 2.24) is 9.80 Å². The molecule has 5 heteroatoms. The first-order valence-corrected chi connectivity index (χ1v) is 7.62. The quantitative estimate of drug-likeness (QED) is 0.534. The van der Waals surface area contributed by atoms with Crippen LogP contribution in [0.5, 0.6) is 0 Å². The highest BCUT2D eigenvalue weighted by Gasteiger charge is 2.64. The van der Waals surface area contributed by atoms with Gasteiger partial charge < -0.3 is 4.90 Å². The molecule has 0 saturated carbocycles. The molecule has 0 radical (unpaired) electrons. The third-order valence-electron chi connectivity index (χ3n) is 5.27. The van der Waals surface area contributed by atoms with Crippen molar-refractivity contribution in [3.8, 4) is 0 Å². The first-order chi connectivity index (χ1) is 10.00. The van der Waals surface area contributed by atoms with E-state index in [1.54, 1.807) is 7.05 Å². The summed E-state index contributed by atoms with van der Waals surface area (Å²) in [7, 11) is 3.43. The van der Waals surface area contributed by atoms with E-state index in [4.69, 9.17) is 12.2 Å². The van der Waals surface area contributed by atoms with Crippen molar-refractivity contribution in [2.75, 3.05) is 14.1 Å². The number of likely N-dealkylation sites (N-methyl/N-ethyl adjacent to an activating group) is 2. The van der Waals surface area contributed by atoms with Crippen LogP contribution in [0.2, 0.25) is 0 Å². The number of nitrogens with zero attached hydrogens (tertiary/aromatic N) is 2. The maximum Gasteiger partial charge on any atom is 0.253 e. The summed E-state index contributed by atoms with van der Waals surface area (Å²) in [6.07, 6.45) is 2.61. The molecule has 4 rings (SSSR count). The summed E-state index contributed by atoms with van der Waals surface area (Å²) in [5, 5.41) is 0. The summed E-state index contributed by atoms with van der Waals surface area (Å²) in [6, 6.07) is 5.58. The molecule has 1 spiro atoms. The van der Waals surface area contributed by atoms with E-state index >= 15 is 0 Å². The Bertz CT molecular complexity index is 714. The molecule has 0 N–H and O–H groups in total. The number of aryl methyl sites for hydroxylation is 1. The van der Waals surface area contributed by atoms with Crippen LogP contribution >= 0.6 is 12.2 Å². The summed E-state index contributed by atoms with van der Waals surface area (Å²) in [5.74, 6) is -0.201. The van der Waals surface area contributed by atoms with Gasteiger partial charge >= 0.3 is 0 Å². The number of benzene rings is 1. The van der Waals surface area contributed by atoms with Gasteiger partial charge in [-0.25, -0.2) is 0 Å². The largest absolute Gasteiger partial charge is 0.352 e. The number of amides is 2. The molecule has 2 unspecified atom stereocenters. The van der Waals surface area contributed by atoms with E-state index in [-0.39, 0.29) is 11.8 Å². The molecule has 1 fully saturated rings. The Morgan fingerprint density at radius 1 is 1.29 bits per heavy atom. The van der Waals surface area contributed by atoms with Crippen molar-refractivity contribution in [2.45, 2.75) is 30.7 Å². The van der Waals surface area contributed by atoms with Crippen LogP contribution in [-0.2, 0) is 21.4 Å². The lowest BCUT2D eigenvalue weighted by atomic mass is 9.63. The van der Waals surface area contributed by atoms with E-state index < -0.39 is 11.5 Å². The molecule has 108 valence electrons. The van der Waals surface area contributed by atoms with Gasteiger partial charge in [0.05, 0.1) is 0 Å². The van der Waals surface area contributed by atoms with Crippen molar-refractivity contribution >= 4 is 29.0 Å². The fourth-order valence-corrected chi connectivity index (χ4v) is 4.67.